The molecule has 0 saturated heterocycles. The third-order valence-corrected chi connectivity index (χ3v) is 2.28. The predicted octanol–water partition coefficient (Wildman–Crippen LogP) is 1.80. The van der Waals surface area contributed by atoms with Crippen LogP contribution < -0.4 is 16.4 Å². The van der Waals surface area contributed by atoms with Gasteiger partial charge in [0.05, 0.1) is 0 Å². The number of anilines is 2. The highest BCUT2D eigenvalue weighted by atomic mass is 32.1. The lowest BCUT2D eigenvalue weighted by molar-refractivity contribution is -0.119. The standard InChI is InChI=1S/C11H15N3OS/c1-3-10(15)14-11(16)13-9-5-4-8(12)6-7(9)2/h4-6H,3,12H2,1-2H3,(H2,13,14,15,16). The van der Waals surface area contributed by atoms with Crippen molar-refractivity contribution in [2.24, 2.45) is 0 Å². The Kier molecular flexibility index (Phi) is 4.25. The zero-order valence-corrected chi connectivity index (χ0v) is 10.1. The molecule has 1 amide bonds. The molecule has 86 valence electrons. The van der Waals surface area contributed by atoms with Crippen LogP contribution in [0, 0.1) is 6.92 Å². The molecule has 0 bridgehead atoms. The van der Waals surface area contributed by atoms with Crippen LogP contribution in [0.1, 0.15) is 18.9 Å². The van der Waals surface area contributed by atoms with Crippen molar-refractivity contribution in [1.29, 1.82) is 0 Å². The van der Waals surface area contributed by atoms with E-state index in [2.05, 4.69) is 10.6 Å². The molecule has 0 atom stereocenters. The second kappa shape index (κ2) is 5.46. The fourth-order valence-corrected chi connectivity index (χ4v) is 1.42. The molecular formula is C11H15N3OS. The van der Waals surface area contributed by atoms with Crippen LogP contribution in [0.3, 0.4) is 0 Å². The Balaban J connectivity index is 2.66. The number of aryl methyl sites for hydroxylation is 1. The smallest absolute Gasteiger partial charge is 0.225 e. The highest BCUT2D eigenvalue weighted by Crippen LogP contribution is 2.17. The number of thiocarbonyl (C=S) groups is 1. The Hall–Kier alpha value is -1.62. The molecule has 5 heteroatoms. The second-order valence-corrected chi connectivity index (χ2v) is 3.84. The van der Waals surface area contributed by atoms with Crippen molar-refractivity contribution in [2.45, 2.75) is 20.3 Å². The Bertz CT molecular complexity index is 418. The maximum atomic E-state index is 11.1. The molecule has 0 spiro atoms. The molecule has 4 N–H and O–H groups in total. The van der Waals surface area contributed by atoms with Gasteiger partial charge in [-0.15, -0.1) is 0 Å². The van der Waals surface area contributed by atoms with Crippen LogP contribution in [-0.2, 0) is 4.79 Å². The van der Waals surface area contributed by atoms with E-state index in [9.17, 15) is 4.79 Å². The number of carbonyl (C=O) groups excluding carboxylic acids is 1. The SMILES string of the molecule is CCC(=O)NC(=S)Nc1ccc(N)cc1C. The first kappa shape index (κ1) is 12.4. The average molecular weight is 237 g/mol. The van der Waals surface area contributed by atoms with Gasteiger partial charge in [0.1, 0.15) is 0 Å². The van der Waals surface area contributed by atoms with E-state index < -0.39 is 0 Å². The van der Waals surface area contributed by atoms with Crippen molar-refractivity contribution in [3.05, 3.63) is 23.8 Å². The number of carbonyl (C=O) groups is 1. The van der Waals surface area contributed by atoms with Gasteiger partial charge >= 0.3 is 0 Å². The van der Waals surface area contributed by atoms with Crippen molar-refractivity contribution >= 4 is 34.6 Å². The van der Waals surface area contributed by atoms with Crippen LogP contribution in [0.4, 0.5) is 11.4 Å². The summed E-state index contributed by atoms with van der Waals surface area (Å²) in [6.07, 6.45) is 0.405. The molecule has 1 rings (SSSR count). The lowest BCUT2D eigenvalue weighted by Crippen LogP contribution is -2.33. The van der Waals surface area contributed by atoms with E-state index in [0.717, 1.165) is 11.3 Å². The quantitative estimate of drug-likeness (QED) is 0.542. The fourth-order valence-electron chi connectivity index (χ4n) is 1.20. The van der Waals surface area contributed by atoms with Crippen LogP contribution >= 0.6 is 12.2 Å². The third kappa shape index (κ3) is 3.51. The summed E-state index contributed by atoms with van der Waals surface area (Å²) >= 11 is 5.00. The fraction of sp³-hybridized carbons (Fsp3) is 0.273. The van der Waals surface area contributed by atoms with Gasteiger partial charge in [-0.25, -0.2) is 0 Å². The summed E-state index contributed by atoms with van der Waals surface area (Å²) in [5.41, 5.74) is 8.15. The Labute approximate surface area is 100 Å². The van der Waals surface area contributed by atoms with Crippen LogP contribution in [-0.4, -0.2) is 11.0 Å². The Morgan fingerprint density at radius 2 is 2.19 bits per heavy atom. The van der Waals surface area contributed by atoms with Gasteiger partial charge in [0.15, 0.2) is 5.11 Å². The molecule has 0 aliphatic rings. The maximum Gasteiger partial charge on any atom is 0.225 e. The largest absolute Gasteiger partial charge is 0.399 e. The van der Waals surface area contributed by atoms with Crippen LogP contribution in [0.15, 0.2) is 18.2 Å². The summed E-state index contributed by atoms with van der Waals surface area (Å²) in [4.78, 5) is 11.1. The van der Waals surface area contributed by atoms with Crippen molar-refractivity contribution in [1.82, 2.24) is 5.32 Å². The third-order valence-electron chi connectivity index (χ3n) is 2.07. The summed E-state index contributed by atoms with van der Waals surface area (Å²) in [5, 5.41) is 5.82. The molecule has 0 unspecified atom stereocenters. The summed E-state index contributed by atoms with van der Waals surface area (Å²) in [5.74, 6) is -0.106. The first-order chi connectivity index (χ1) is 7.52. The molecule has 0 saturated carbocycles. The van der Waals surface area contributed by atoms with E-state index in [1.54, 1.807) is 13.0 Å². The Morgan fingerprint density at radius 1 is 1.50 bits per heavy atom. The molecule has 0 aliphatic heterocycles. The van der Waals surface area contributed by atoms with Gasteiger partial charge in [0, 0.05) is 17.8 Å². The van der Waals surface area contributed by atoms with E-state index in [0.29, 0.717) is 17.2 Å². The molecule has 0 fully saturated rings. The normalized spacial score (nSPS) is 9.62. The molecule has 1 aromatic rings. The zero-order chi connectivity index (χ0) is 12.1. The zero-order valence-electron chi connectivity index (χ0n) is 9.33. The van der Waals surface area contributed by atoms with Crippen molar-refractivity contribution in [3.8, 4) is 0 Å². The molecular weight excluding hydrogens is 222 g/mol. The van der Waals surface area contributed by atoms with E-state index in [1.165, 1.54) is 0 Å². The van der Waals surface area contributed by atoms with Crippen LogP contribution in [0.5, 0.6) is 0 Å². The van der Waals surface area contributed by atoms with Crippen molar-refractivity contribution < 1.29 is 4.79 Å². The molecule has 0 aliphatic carbocycles. The lowest BCUT2D eigenvalue weighted by Gasteiger charge is -2.11. The number of nitrogens with one attached hydrogen (secondary N) is 2. The van der Waals surface area contributed by atoms with E-state index >= 15 is 0 Å². The number of amides is 1. The first-order valence-corrected chi connectivity index (χ1v) is 5.40. The number of benzene rings is 1. The van der Waals surface area contributed by atoms with Gasteiger partial charge < -0.3 is 16.4 Å². The minimum absolute atomic E-state index is 0.106. The summed E-state index contributed by atoms with van der Waals surface area (Å²) in [7, 11) is 0. The van der Waals surface area contributed by atoms with E-state index in [4.69, 9.17) is 18.0 Å². The number of hydrogen-bond acceptors (Lipinski definition) is 3. The van der Waals surface area contributed by atoms with Gasteiger partial charge in [-0.05, 0) is 42.9 Å². The topological polar surface area (TPSA) is 67.2 Å². The monoisotopic (exact) mass is 237 g/mol. The first-order valence-electron chi connectivity index (χ1n) is 5.00. The molecule has 1 aromatic carbocycles. The number of hydrogen-bond donors (Lipinski definition) is 3. The van der Waals surface area contributed by atoms with Gasteiger partial charge in [0.25, 0.3) is 0 Å². The van der Waals surface area contributed by atoms with E-state index in [-0.39, 0.29) is 5.91 Å². The Morgan fingerprint density at radius 3 is 2.75 bits per heavy atom. The van der Waals surface area contributed by atoms with Gasteiger partial charge in [0.2, 0.25) is 5.91 Å². The summed E-state index contributed by atoms with van der Waals surface area (Å²) in [6.45, 7) is 3.69. The van der Waals surface area contributed by atoms with Crippen molar-refractivity contribution in [3.63, 3.8) is 0 Å². The predicted molar refractivity (Wildman–Crippen MR) is 70.2 cm³/mol. The van der Waals surface area contributed by atoms with Crippen molar-refractivity contribution in [2.75, 3.05) is 11.1 Å². The number of nitrogen functional groups attached to an aromatic ring is 1. The molecule has 4 nitrogen and oxygen atoms in total. The lowest BCUT2D eigenvalue weighted by atomic mass is 10.2. The van der Waals surface area contributed by atoms with Gasteiger partial charge in [-0.2, -0.15) is 0 Å². The maximum absolute atomic E-state index is 11.1. The summed E-state index contributed by atoms with van der Waals surface area (Å²) in [6, 6.07) is 5.45. The van der Waals surface area contributed by atoms with Gasteiger partial charge in [-0.1, -0.05) is 6.92 Å². The van der Waals surface area contributed by atoms with Gasteiger partial charge in [-0.3, -0.25) is 4.79 Å². The van der Waals surface area contributed by atoms with Crippen LogP contribution in [0.25, 0.3) is 0 Å². The van der Waals surface area contributed by atoms with Crippen LogP contribution in [0.2, 0.25) is 0 Å². The minimum Gasteiger partial charge on any atom is -0.399 e. The molecule has 0 aromatic heterocycles. The molecule has 16 heavy (non-hydrogen) atoms. The van der Waals surface area contributed by atoms with E-state index in [1.807, 2.05) is 19.1 Å². The summed E-state index contributed by atoms with van der Waals surface area (Å²) < 4.78 is 0. The second-order valence-electron chi connectivity index (χ2n) is 3.43. The minimum atomic E-state index is -0.106. The highest BCUT2D eigenvalue weighted by Gasteiger charge is 2.04. The number of rotatable bonds is 2. The highest BCUT2D eigenvalue weighted by molar-refractivity contribution is 7.80. The molecule has 0 heterocycles. The number of nitrogens with two attached hydrogens (primary N) is 1. The molecule has 0 radical (unpaired) electrons. The average Bonchev–Trinajstić information content (AvgIpc) is 2.22.